The van der Waals surface area contributed by atoms with Gasteiger partial charge in [0.25, 0.3) is 0 Å². The summed E-state index contributed by atoms with van der Waals surface area (Å²) in [5, 5.41) is 0.969. The van der Waals surface area contributed by atoms with Crippen LogP contribution in [0.2, 0.25) is 0 Å². The molecule has 3 rings (SSSR count). The summed E-state index contributed by atoms with van der Waals surface area (Å²) in [6.07, 6.45) is 3.92. The van der Waals surface area contributed by atoms with Crippen molar-refractivity contribution in [1.29, 1.82) is 0 Å². The van der Waals surface area contributed by atoms with Crippen molar-refractivity contribution in [2.45, 2.75) is 0 Å². The molecule has 3 aromatic rings. The van der Waals surface area contributed by atoms with Crippen LogP contribution >= 0.6 is 0 Å². The molecule has 0 spiro atoms. The number of hydrogen-bond donors (Lipinski definition) is 0. The van der Waals surface area contributed by atoms with E-state index < -0.39 is 0 Å². The van der Waals surface area contributed by atoms with Gasteiger partial charge in [-0.2, -0.15) is 0 Å². The monoisotopic (exact) mass is 310 g/mol. The fourth-order valence-electron chi connectivity index (χ4n) is 2.36. The summed E-state index contributed by atoms with van der Waals surface area (Å²) in [6, 6.07) is 13.5. The topological polar surface area (TPSA) is 40.8 Å². The van der Waals surface area contributed by atoms with Crippen LogP contribution in [0.3, 0.4) is 0 Å². The predicted octanol–water partition coefficient (Wildman–Crippen LogP) is 4.63. The first kappa shape index (κ1) is 15.0. The number of hydrogen-bond acceptors (Lipinski definition) is 4. The molecule has 0 fully saturated rings. The molecule has 1 aromatic heterocycles. The molecule has 0 saturated carbocycles. The molecule has 118 valence electrons. The highest BCUT2D eigenvalue weighted by Crippen LogP contribution is 2.34. The predicted molar refractivity (Wildman–Crippen MR) is 91.2 cm³/mol. The first-order valence-corrected chi connectivity index (χ1v) is 7.21. The van der Waals surface area contributed by atoms with E-state index in [2.05, 4.69) is 0 Å². The van der Waals surface area contributed by atoms with Gasteiger partial charge in [0.05, 0.1) is 21.3 Å². The Bertz CT molecular complexity index is 787. The van der Waals surface area contributed by atoms with Crippen molar-refractivity contribution >= 4 is 23.1 Å². The standard InChI is InChI=1S/C19H18O4/c1-20-15-7-4-13(5-8-15)6-9-16-10-14-11-18(21-2)19(22-3)12-17(14)23-16/h4-12H,1-3H3. The summed E-state index contributed by atoms with van der Waals surface area (Å²) in [5.74, 6) is 2.95. The minimum absolute atomic E-state index is 0.653. The van der Waals surface area contributed by atoms with E-state index in [1.165, 1.54) is 0 Å². The van der Waals surface area contributed by atoms with Gasteiger partial charge in [0.15, 0.2) is 11.5 Å². The largest absolute Gasteiger partial charge is 0.497 e. The lowest BCUT2D eigenvalue weighted by atomic mass is 10.2. The summed E-state index contributed by atoms with van der Waals surface area (Å²) in [4.78, 5) is 0. The molecular formula is C19H18O4. The highest BCUT2D eigenvalue weighted by Gasteiger charge is 2.09. The molecule has 1 heterocycles. The van der Waals surface area contributed by atoms with Crippen LogP contribution in [0.25, 0.3) is 23.1 Å². The first-order chi connectivity index (χ1) is 11.2. The van der Waals surface area contributed by atoms with Gasteiger partial charge in [-0.05, 0) is 35.9 Å². The van der Waals surface area contributed by atoms with Gasteiger partial charge < -0.3 is 18.6 Å². The molecule has 0 aliphatic carbocycles. The molecule has 0 aliphatic heterocycles. The summed E-state index contributed by atoms with van der Waals surface area (Å²) < 4.78 is 21.6. The fourth-order valence-corrected chi connectivity index (χ4v) is 2.36. The Hall–Kier alpha value is -2.88. The lowest BCUT2D eigenvalue weighted by Gasteiger charge is -2.06. The van der Waals surface area contributed by atoms with Crippen molar-refractivity contribution in [2.24, 2.45) is 0 Å². The number of ether oxygens (including phenoxy) is 3. The smallest absolute Gasteiger partial charge is 0.164 e. The Morgan fingerprint density at radius 2 is 1.48 bits per heavy atom. The van der Waals surface area contributed by atoms with E-state index in [0.29, 0.717) is 11.5 Å². The second-order valence-corrected chi connectivity index (χ2v) is 5.00. The van der Waals surface area contributed by atoms with Gasteiger partial charge >= 0.3 is 0 Å². The Labute approximate surface area is 134 Å². The van der Waals surface area contributed by atoms with Crippen molar-refractivity contribution in [1.82, 2.24) is 0 Å². The van der Waals surface area contributed by atoms with Crippen molar-refractivity contribution in [3.8, 4) is 17.2 Å². The molecule has 0 atom stereocenters. The Balaban J connectivity index is 1.89. The Kier molecular flexibility index (Phi) is 4.24. The maximum atomic E-state index is 5.83. The van der Waals surface area contributed by atoms with Crippen LogP contribution in [0.1, 0.15) is 11.3 Å². The van der Waals surface area contributed by atoms with Crippen LogP contribution in [0.5, 0.6) is 17.2 Å². The quantitative estimate of drug-likeness (QED) is 0.689. The molecule has 23 heavy (non-hydrogen) atoms. The van der Waals surface area contributed by atoms with Crippen molar-refractivity contribution < 1.29 is 18.6 Å². The SMILES string of the molecule is COc1ccc(C=Cc2cc3cc(OC)c(OC)cc3o2)cc1. The van der Waals surface area contributed by atoms with Gasteiger partial charge in [-0.1, -0.05) is 18.2 Å². The third kappa shape index (κ3) is 3.16. The van der Waals surface area contributed by atoms with Crippen LogP contribution in [-0.4, -0.2) is 21.3 Å². The van der Waals surface area contributed by atoms with Gasteiger partial charge in [-0.15, -0.1) is 0 Å². The van der Waals surface area contributed by atoms with Gasteiger partial charge in [0, 0.05) is 11.5 Å². The van der Waals surface area contributed by atoms with Crippen LogP contribution in [0, 0.1) is 0 Å². The molecule has 0 amide bonds. The molecule has 2 aromatic carbocycles. The maximum Gasteiger partial charge on any atom is 0.164 e. The van der Waals surface area contributed by atoms with Crippen molar-refractivity contribution in [3.63, 3.8) is 0 Å². The van der Waals surface area contributed by atoms with Gasteiger partial charge in [0.1, 0.15) is 17.1 Å². The van der Waals surface area contributed by atoms with Gasteiger partial charge in [0.2, 0.25) is 0 Å². The molecule has 0 saturated heterocycles. The lowest BCUT2D eigenvalue weighted by molar-refractivity contribution is 0.355. The van der Waals surface area contributed by atoms with E-state index in [-0.39, 0.29) is 0 Å². The van der Waals surface area contributed by atoms with E-state index in [1.54, 1.807) is 21.3 Å². The van der Waals surface area contributed by atoms with Gasteiger partial charge in [-0.3, -0.25) is 0 Å². The molecule has 4 heteroatoms. The molecule has 0 unspecified atom stereocenters. The van der Waals surface area contributed by atoms with E-state index in [0.717, 1.165) is 28.0 Å². The maximum absolute atomic E-state index is 5.83. The highest BCUT2D eigenvalue weighted by atomic mass is 16.5. The van der Waals surface area contributed by atoms with E-state index in [1.807, 2.05) is 54.6 Å². The van der Waals surface area contributed by atoms with Crippen LogP contribution in [0.15, 0.2) is 46.9 Å². The summed E-state index contributed by atoms with van der Waals surface area (Å²) in [7, 11) is 4.88. The molecule has 0 aliphatic rings. The third-order valence-corrected chi connectivity index (χ3v) is 3.60. The zero-order valence-corrected chi connectivity index (χ0v) is 13.3. The van der Waals surface area contributed by atoms with Crippen LogP contribution < -0.4 is 14.2 Å². The average molecular weight is 310 g/mol. The summed E-state index contributed by atoms with van der Waals surface area (Å²) >= 11 is 0. The Morgan fingerprint density at radius 1 is 0.783 bits per heavy atom. The fraction of sp³-hybridized carbons (Fsp3) is 0.158. The number of fused-ring (bicyclic) bond motifs is 1. The Morgan fingerprint density at radius 3 is 2.13 bits per heavy atom. The number of furan rings is 1. The minimum atomic E-state index is 0.653. The van der Waals surface area contributed by atoms with E-state index >= 15 is 0 Å². The van der Waals surface area contributed by atoms with Gasteiger partial charge in [-0.25, -0.2) is 0 Å². The van der Waals surface area contributed by atoms with Crippen molar-refractivity contribution in [3.05, 3.63) is 53.8 Å². The van der Waals surface area contributed by atoms with E-state index in [4.69, 9.17) is 18.6 Å². The zero-order chi connectivity index (χ0) is 16.2. The average Bonchev–Trinajstić information content (AvgIpc) is 3.00. The molecule has 0 N–H and O–H groups in total. The summed E-state index contributed by atoms with van der Waals surface area (Å²) in [6.45, 7) is 0. The number of methoxy groups -OCH3 is 3. The second-order valence-electron chi connectivity index (χ2n) is 5.00. The molecule has 0 radical (unpaired) electrons. The zero-order valence-electron chi connectivity index (χ0n) is 13.3. The normalized spacial score (nSPS) is 11.1. The highest BCUT2D eigenvalue weighted by molar-refractivity contribution is 5.85. The summed E-state index contributed by atoms with van der Waals surface area (Å²) in [5.41, 5.74) is 1.83. The number of rotatable bonds is 5. The number of benzene rings is 2. The molecular weight excluding hydrogens is 292 g/mol. The van der Waals surface area contributed by atoms with Crippen LogP contribution in [-0.2, 0) is 0 Å². The minimum Gasteiger partial charge on any atom is -0.497 e. The van der Waals surface area contributed by atoms with E-state index in [9.17, 15) is 0 Å². The molecule has 4 nitrogen and oxygen atoms in total. The van der Waals surface area contributed by atoms with Crippen LogP contribution in [0.4, 0.5) is 0 Å². The third-order valence-electron chi connectivity index (χ3n) is 3.60. The van der Waals surface area contributed by atoms with Crippen molar-refractivity contribution in [2.75, 3.05) is 21.3 Å². The lowest BCUT2D eigenvalue weighted by Crippen LogP contribution is -1.89. The first-order valence-electron chi connectivity index (χ1n) is 7.21. The second kappa shape index (κ2) is 6.48. The molecule has 0 bridgehead atoms.